The van der Waals surface area contributed by atoms with E-state index in [0.29, 0.717) is 50.8 Å². The Labute approximate surface area is 237 Å². The number of aliphatic imine (C=N–C) groups is 1. The van der Waals surface area contributed by atoms with Crippen molar-refractivity contribution in [3.63, 3.8) is 0 Å². The van der Waals surface area contributed by atoms with Gasteiger partial charge in [0.2, 0.25) is 0 Å². The Morgan fingerprint density at radius 3 is 2.77 bits per heavy atom. The van der Waals surface area contributed by atoms with Gasteiger partial charge in [-0.05, 0) is 80.6 Å². The SMILES string of the molecule is CN=C(N)N1C=C[C@H](CNCCO)[C@@]2(C1)[C@@H]1CC[C@@H](C)[C@]23C[C@](O)([C@H]2CC[C@@H]4CCCC[C@@H]4O2)C(C(=O)O)=C3C1. The van der Waals surface area contributed by atoms with Crippen LogP contribution in [0.4, 0.5) is 0 Å². The van der Waals surface area contributed by atoms with Crippen LogP contribution < -0.4 is 11.1 Å². The van der Waals surface area contributed by atoms with Gasteiger partial charge in [-0.2, -0.15) is 0 Å². The zero-order chi connectivity index (χ0) is 28.3. The Balaban J connectivity index is 1.47. The van der Waals surface area contributed by atoms with E-state index in [1.54, 1.807) is 7.05 Å². The summed E-state index contributed by atoms with van der Waals surface area (Å²) in [7, 11) is 1.70. The lowest BCUT2D eigenvalue weighted by atomic mass is 9.45. The van der Waals surface area contributed by atoms with Crippen molar-refractivity contribution >= 4 is 11.9 Å². The van der Waals surface area contributed by atoms with Crippen molar-refractivity contribution in [1.29, 1.82) is 0 Å². The number of aliphatic hydroxyl groups excluding tert-OH is 1. The molecule has 6 N–H and O–H groups in total. The first-order valence-electron chi connectivity index (χ1n) is 15.6. The van der Waals surface area contributed by atoms with Crippen molar-refractivity contribution in [3.8, 4) is 0 Å². The molecule has 9 heteroatoms. The van der Waals surface area contributed by atoms with Gasteiger partial charge in [0, 0.05) is 43.7 Å². The molecular formula is C31H48N4O5. The van der Waals surface area contributed by atoms with E-state index in [1.165, 1.54) is 12.8 Å². The van der Waals surface area contributed by atoms with Crippen LogP contribution in [0.1, 0.15) is 71.1 Å². The summed E-state index contributed by atoms with van der Waals surface area (Å²) in [6, 6.07) is 0. The fourth-order valence-corrected chi connectivity index (χ4v) is 10.5. The standard InChI is InChI=1S/C31H48N4O5/c1-19-7-9-21-15-23-26(27(37)38)31(39,25-10-8-20-5-3-4-6-24(20)40-25)17-29(19,23)30(21)18-35(28(32)33-2)13-11-22(30)16-34-12-14-36/h11,13,19-22,24-25,34,36,39H,3-10,12,14-18H2,1-2H3,(H2,32,33)(H,37,38)/t19-,20+,21-,22-,24+,25-,29+,30-,31+/m1/s1. The van der Waals surface area contributed by atoms with Crippen molar-refractivity contribution in [2.24, 2.45) is 45.2 Å². The number of nitrogens with zero attached hydrogens (tertiary/aromatic N) is 2. The lowest BCUT2D eigenvalue weighted by Crippen LogP contribution is -2.63. The average molecular weight is 557 g/mol. The van der Waals surface area contributed by atoms with Gasteiger partial charge in [0.25, 0.3) is 0 Å². The third-order valence-corrected chi connectivity index (χ3v) is 12.1. The summed E-state index contributed by atoms with van der Waals surface area (Å²) < 4.78 is 6.70. The van der Waals surface area contributed by atoms with E-state index in [-0.39, 0.29) is 41.5 Å². The van der Waals surface area contributed by atoms with Crippen molar-refractivity contribution in [3.05, 3.63) is 23.4 Å². The molecule has 0 aromatic heterocycles. The van der Waals surface area contributed by atoms with Gasteiger partial charge < -0.3 is 36.0 Å². The van der Waals surface area contributed by atoms with Crippen LogP contribution in [0.2, 0.25) is 0 Å². The van der Waals surface area contributed by atoms with Crippen LogP contribution in [0.3, 0.4) is 0 Å². The number of nitrogens with one attached hydrogen (secondary N) is 1. The second-order valence-electron chi connectivity index (χ2n) is 13.5. The second-order valence-corrected chi connectivity index (χ2v) is 13.5. The topological polar surface area (TPSA) is 141 Å². The van der Waals surface area contributed by atoms with E-state index in [4.69, 9.17) is 10.5 Å². The zero-order valence-electron chi connectivity index (χ0n) is 24.1. The number of fused-ring (bicyclic) bond motifs is 1. The summed E-state index contributed by atoms with van der Waals surface area (Å²) in [5, 5.41) is 36.4. The van der Waals surface area contributed by atoms with Crippen LogP contribution in [-0.4, -0.2) is 83.2 Å². The number of aliphatic hydroxyl groups is 2. The molecule has 3 saturated carbocycles. The minimum Gasteiger partial charge on any atom is -0.478 e. The van der Waals surface area contributed by atoms with Crippen molar-refractivity contribution in [2.45, 2.75) is 88.9 Å². The van der Waals surface area contributed by atoms with Crippen LogP contribution in [0.15, 0.2) is 28.4 Å². The predicted octanol–water partition coefficient (Wildman–Crippen LogP) is 2.63. The maximum absolute atomic E-state index is 13.2. The van der Waals surface area contributed by atoms with Gasteiger partial charge in [-0.3, -0.25) is 4.99 Å². The quantitative estimate of drug-likeness (QED) is 0.191. The highest BCUT2D eigenvalue weighted by molar-refractivity contribution is 5.92. The number of aliphatic carboxylic acids is 1. The Morgan fingerprint density at radius 1 is 1.23 bits per heavy atom. The van der Waals surface area contributed by atoms with Gasteiger partial charge in [-0.1, -0.05) is 25.8 Å². The van der Waals surface area contributed by atoms with Gasteiger partial charge >= 0.3 is 5.97 Å². The molecule has 222 valence electrons. The number of nitrogens with two attached hydrogens (primary N) is 1. The van der Waals surface area contributed by atoms with E-state index < -0.39 is 23.1 Å². The van der Waals surface area contributed by atoms with E-state index >= 15 is 0 Å². The van der Waals surface area contributed by atoms with E-state index in [9.17, 15) is 20.1 Å². The van der Waals surface area contributed by atoms with Gasteiger partial charge in [0.05, 0.1) is 24.4 Å². The van der Waals surface area contributed by atoms with Crippen molar-refractivity contribution < 1.29 is 24.9 Å². The number of allylic oxidation sites excluding steroid dienone is 1. The first kappa shape index (κ1) is 28.2. The molecule has 2 aliphatic heterocycles. The molecule has 0 radical (unpaired) electrons. The Hall–Kier alpha value is -1.94. The molecule has 9 nitrogen and oxygen atoms in total. The first-order valence-corrected chi connectivity index (χ1v) is 15.6. The highest BCUT2D eigenvalue weighted by Crippen LogP contribution is 2.77. The van der Waals surface area contributed by atoms with Crippen LogP contribution in [0.5, 0.6) is 0 Å². The summed E-state index contributed by atoms with van der Waals surface area (Å²) >= 11 is 0. The molecular weight excluding hydrogens is 508 g/mol. The van der Waals surface area contributed by atoms with Crippen molar-refractivity contribution in [1.82, 2.24) is 10.2 Å². The summed E-state index contributed by atoms with van der Waals surface area (Å²) in [6.45, 7) is 4.14. The maximum atomic E-state index is 13.2. The predicted molar refractivity (Wildman–Crippen MR) is 152 cm³/mol. The van der Waals surface area contributed by atoms with Crippen LogP contribution in [-0.2, 0) is 9.53 Å². The zero-order valence-corrected chi connectivity index (χ0v) is 24.1. The number of ether oxygens (including phenoxy) is 1. The van der Waals surface area contributed by atoms with Gasteiger partial charge in [-0.15, -0.1) is 0 Å². The molecule has 0 unspecified atom stereocenters. The third kappa shape index (κ3) is 3.87. The minimum absolute atomic E-state index is 0.0607. The van der Waals surface area contributed by atoms with Gasteiger partial charge in [0.15, 0.2) is 5.96 Å². The number of guanidine groups is 1. The van der Waals surface area contributed by atoms with E-state index in [1.807, 2.05) is 11.1 Å². The summed E-state index contributed by atoms with van der Waals surface area (Å²) in [5.41, 5.74) is 5.23. The molecule has 0 aromatic rings. The molecule has 4 fully saturated rings. The third-order valence-electron chi connectivity index (χ3n) is 12.1. The monoisotopic (exact) mass is 556 g/mol. The molecule has 4 aliphatic carbocycles. The van der Waals surface area contributed by atoms with E-state index in [0.717, 1.165) is 37.7 Å². The maximum Gasteiger partial charge on any atom is 0.334 e. The lowest BCUT2D eigenvalue weighted by molar-refractivity contribution is -0.189. The normalized spacial score (nSPS) is 44.7. The summed E-state index contributed by atoms with van der Waals surface area (Å²) in [4.78, 5) is 19.5. The molecule has 1 saturated heterocycles. The molecule has 0 amide bonds. The number of rotatable bonds is 6. The molecule has 2 bridgehead atoms. The molecule has 2 heterocycles. The molecule has 6 aliphatic rings. The second kappa shape index (κ2) is 10.4. The lowest BCUT2D eigenvalue weighted by Gasteiger charge is -2.61. The summed E-state index contributed by atoms with van der Waals surface area (Å²) in [5.74, 6) is 0.537. The fraction of sp³-hybridized carbons (Fsp3) is 0.806. The number of carbonyl (C=O) groups is 1. The molecule has 0 aromatic carbocycles. The number of carboxylic acid groups (broad SMARTS) is 1. The van der Waals surface area contributed by atoms with Crippen molar-refractivity contribution in [2.75, 3.05) is 33.3 Å². The Bertz CT molecular complexity index is 1110. The molecule has 6 rings (SSSR count). The molecule has 9 atom stereocenters. The number of hydrogen-bond donors (Lipinski definition) is 5. The molecule has 2 spiro atoms. The van der Waals surface area contributed by atoms with Crippen LogP contribution in [0, 0.1) is 34.5 Å². The van der Waals surface area contributed by atoms with E-state index in [2.05, 4.69) is 23.3 Å². The highest BCUT2D eigenvalue weighted by atomic mass is 16.5. The smallest absolute Gasteiger partial charge is 0.334 e. The van der Waals surface area contributed by atoms with Gasteiger partial charge in [0.1, 0.15) is 5.60 Å². The fourth-order valence-electron chi connectivity index (χ4n) is 10.5. The average Bonchev–Trinajstić information content (AvgIpc) is 3.31. The largest absolute Gasteiger partial charge is 0.478 e. The number of hydrogen-bond acceptors (Lipinski definition) is 6. The Kier molecular flexibility index (Phi) is 7.33. The highest BCUT2D eigenvalue weighted by Gasteiger charge is 2.76. The van der Waals surface area contributed by atoms with Gasteiger partial charge in [-0.25, -0.2) is 4.79 Å². The first-order chi connectivity index (χ1) is 19.2. The van der Waals surface area contributed by atoms with Crippen LogP contribution in [0.25, 0.3) is 0 Å². The summed E-state index contributed by atoms with van der Waals surface area (Å²) in [6.07, 6.45) is 13.2. The van der Waals surface area contributed by atoms with Crippen LogP contribution >= 0.6 is 0 Å². The number of carboxylic acids is 1. The Morgan fingerprint density at radius 2 is 2.02 bits per heavy atom. The minimum atomic E-state index is -1.52. The molecule has 40 heavy (non-hydrogen) atoms.